The molecule has 5 nitrogen and oxygen atoms in total. The Balaban J connectivity index is 0.00000129. The molecule has 0 aromatic heterocycles. The van der Waals surface area contributed by atoms with Crippen molar-refractivity contribution in [3.8, 4) is 22.6 Å². The molecular formula is C37H48N2O3. The molecule has 0 bridgehead atoms. The zero-order chi connectivity index (χ0) is 29.9. The van der Waals surface area contributed by atoms with Crippen LogP contribution in [-0.2, 0) is 26.0 Å². The van der Waals surface area contributed by atoms with Crippen LogP contribution in [0.3, 0.4) is 0 Å². The van der Waals surface area contributed by atoms with E-state index in [9.17, 15) is 5.11 Å². The van der Waals surface area contributed by atoms with Crippen LogP contribution in [0.5, 0.6) is 11.5 Å². The van der Waals surface area contributed by atoms with Crippen molar-refractivity contribution in [2.24, 2.45) is 4.99 Å². The second-order valence-electron chi connectivity index (χ2n) is 11.2. The van der Waals surface area contributed by atoms with E-state index in [1.54, 1.807) is 6.21 Å². The highest BCUT2D eigenvalue weighted by Gasteiger charge is 2.31. The van der Waals surface area contributed by atoms with Crippen LogP contribution in [0.15, 0.2) is 71.4 Å². The molecule has 0 saturated carbocycles. The summed E-state index contributed by atoms with van der Waals surface area (Å²) in [5.74, 6) is 1.80. The second-order valence-corrected chi connectivity index (χ2v) is 11.2. The molecule has 224 valence electrons. The summed E-state index contributed by atoms with van der Waals surface area (Å²) < 4.78 is 13.0. The van der Waals surface area contributed by atoms with Gasteiger partial charge in [-0.15, -0.1) is 0 Å². The Labute approximate surface area is 252 Å². The average Bonchev–Trinajstić information content (AvgIpc) is 3.49. The number of nitrogens with zero attached hydrogens (tertiary/aromatic N) is 2. The Morgan fingerprint density at radius 3 is 2.43 bits per heavy atom. The van der Waals surface area contributed by atoms with E-state index in [1.165, 1.54) is 45.4 Å². The predicted octanol–water partition coefficient (Wildman–Crippen LogP) is 8.09. The highest BCUT2D eigenvalue weighted by Crippen LogP contribution is 2.41. The number of benzene rings is 3. The first-order valence-electron chi connectivity index (χ1n) is 15.6. The Kier molecular flexibility index (Phi) is 11.8. The number of hydrogen-bond donors (Lipinski definition) is 1. The van der Waals surface area contributed by atoms with E-state index in [0.717, 1.165) is 56.0 Å². The summed E-state index contributed by atoms with van der Waals surface area (Å²) in [7, 11) is 0. The topological polar surface area (TPSA) is 54.3 Å². The first-order chi connectivity index (χ1) is 20.5. The van der Waals surface area contributed by atoms with Crippen LogP contribution in [0.2, 0.25) is 0 Å². The summed E-state index contributed by atoms with van der Waals surface area (Å²) in [5.41, 5.74) is 9.72. The minimum atomic E-state index is 0.203. The molecule has 42 heavy (non-hydrogen) atoms. The van der Waals surface area contributed by atoms with Crippen molar-refractivity contribution in [2.45, 2.75) is 85.9 Å². The van der Waals surface area contributed by atoms with Gasteiger partial charge in [0.05, 0.1) is 12.3 Å². The van der Waals surface area contributed by atoms with Crippen LogP contribution in [-0.4, -0.2) is 42.0 Å². The third-order valence-electron chi connectivity index (χ3n) is 8.19. The molecule has 1 N–H and O–H groups in total. The van der Waals surface area contributed by atoms with Crippen molar-refractivity contribution in [3.63, 3.8) is 0 Å². The van der Waals surface area contributed by atoms with Crippen LogP contribution in [0, 0.1) is 6.92 Å². The van der Waals surface area contributed by atoms with Gasteiger partial charge in [0.25, 0.3) is 0 Å². The smallest absolute Gasteiger partial charge is 0.130 e. The normalized spacial score (nSPS) is 16.5. The monoisotopic (exact) mass is 568 g/mol. The fourth-order valence-corrected chi connectivity index (χ4v) is 5.77. The summed E-state index contributed by atoms with van der Waals surface area (Å²) in [4.78, 5) is 6.81. The van der Waals surface area contributed by atoms with Crippen LogP contribution < -0.4 is 9.47 Å². The van der Waals surface area contributed by atoms with Gasteiger partial charge in [0.2, 0.25) is 0 Å². The fourth-order valence-electron chi connectivity index (χ4n) is 5.77. The number of fused-ring (bicyclic) bond motifs is 1. The maximum atomic E-state index is 9.78. The lowest BCUT2D eigenvalue weighted by Gasteiger charge is -2.40. The van der Waals surface area contributed by atoms with Crippen molar-refractivity contribution in [2.75, 3.05) is 19.8 Å². The molecule has 0 spiro atoms. The maximum absolute atomic E-state index is 9.78. The fraction of sp³-hybridized carbons (Fsp3) is 0.432. The Morgan fingerprint density at radius 2 is 1.76 bits per heavy atom. The van der Waals surface area contributed by atoms with Crippen LogP contribution in [0.1, 0.15) is 74.8 Å². The Hall–Kier alpha value is -3.41. The number of likely N-dealkylation sites (tertiary alicyclic amines) is 1. The summed E-state index contributed by atoms with van der Waals surface area (Å²) >= 11 is 0. The molecule has 0 radical (unpaired) electrons. The SMILES string of the molecule is CC=N/C(=C\C)COc1cc(OCc2cccc(-c3ccccc3)c2C)c2c(c1CN1CCC1CO)CCC2.CCC. The first-order valence-corrected chi connectivity index (χ1v) is 15.6. The summed E-state index contributed by atoms with van der Waals surface area (Å²) in [6.07, 6.45) is 9.26. The molecule has 0 amide bonds. The van der Waals surface area contributed by atoms with E-state index >= 15 is 0 Å². The lowest BCUT2D eigenvalue weighted by molar-refractivity contribution is 0.0347. The van der Waals surface area contributed by atoms with E-state index in [1.807, 2.05) is 19.9 Å². The van der Waals surface area contributed by atoms with E-state index in [2.05, 4.69) is 85.3 Å². The number of rotatable bonds is 11. The number of aliphatic hydroxyl groups excluding tert-OH is 1. The molecule has 2 aliphatic rings. The van der Waals surface area contributed by atoms with E-state index in [-0.39, 0.29) is 12.6 Å². The molecule has 1 atom stereocenters. The number of allylic oxidation sites excluding steroid dienone is 1. The minimum Gasteiger partial charge on any atom is -0.488 e. The highest BCUT2D eigenvalue weighted by atomic mass is 16.5. The molecule has 1 saturated heterocycles. The van der Waals surface area contributed by atoms with Gasteiger partial charge in [0.1, 0.15) is 24.7 Å². The van der Waals surface area contributed by atoms with Gasteiger partial charge in [-0.3, -0.25) is 9.89 Å². The molecule has 1 unspecified atom stereocenters. The van der Waals surface area contributed by atoms with Crippen molar-refractivity contribution >= 4 is 6.21 Å². The molecule has 5 rings (SSSR count). The third kappa shape index (κ3) is 7.50. The Morgan fingerprint density at radius 1 is 1.00 bits per heavy atom. The number of hydrogen-bond acceptors (Lipinski definition) is 5. The number of ether oxygens (including phenoxy) is 2. The summed E-state index contributed by atoms with van der Waals surface area (Å²) in [5, 5.41) is 9.78. The molecule has 3 aromatic carbocycles. The third-order valence-corrected chi connectivity index (χ3v) is 8.19. The standard InChI is InChI=1S/C34H40N2O3.C3H8/c1-4-27(35-5-2)23-39-34-19-33(31-16-10-15-30(31)32(34)20-36-18-17-28(36)21-37)38-22-26-13-9-14-29(24(26)3)25-11-7-6-8-12-25;1-3-2/h4-9,11-14,19,28,37H,10,15-18,20-23H2,1-3H3;3H2,1-2H3/b27-4-,35-5?;. The van der Waals surface area contributed by atoms with Crippen molar-refractivity contribution in [1.29, 1.82) is 0 Å². The Bertz CT molecular complexity index is 1360. The first kappa shape index (κ1) is 31.5. The second kappa shape index (κ2) is 15.7. The van der Waals surface area contributed by atoms with E-state index in [0.29, 0.717) is 13.2 Å². The van der Waals surface area contributed by atoms with Gasteiger partial charge in [-0.1, -0.05) is 74.9 Å². The van der Waals surface area contributed by atoms with Gasteiger partial charge in [-0.2, -0.15) is 0 Å². The molecule has 1 heterocycles. The lowest BCUT2D eigenvalue weighted by atomic mass is 9.96. The molecule has 3 aromatic rings. The quantitative estimate of drug-likeness (QED) is 0.238. The van der Waals surface area contributed by atoms with E-state index in [4.69, 9.17) is 9.47 Å². The van der Waals surface area contributed by atoms with Crippen LogP contribution >= 0.6 is 0 Å². The van der Waals surface area contributed by atoms with Gasteiger partial charge in [0, 0.05) is 37.0 Å². The van der Waals surface area contributed by atoms with Crippen molar-refractivity contribution in [3.05, 3.63) is 94.2 Å². The van der Waals surface area contributed by atoms with Crippen molar-refractivity contribution in [1.82, 2.24) is 4.90 Å². The number of aliphatic hydroxyl groups is 1. The molecule has 1 aliphatic carbocycles. The zero-order valence-corrected chi connectivity index (χ0v) is 26.2. The van der Waals surface area contributed by atoms with Gasteiger partial charge in [0.15, 0.2) is 0 Å². The molecule has 1 aliphatic heterocycles. The predicted molar refractivity (Wildman–Crippen MR) is 175 cm³/mol. The average molecular weight is 569 g/mol. The minimum absolute atomic E-state index is 0.203. The maximum Gasteiger partial charge on any atom is 0.130 e. The van der Waals surface area contributed by atoms with Gasteiger partial charge >= 0.3 is 0 Å². The van der Waals surface area contributed by atoms with Gasteiger partial charge < -0.3 is 14.6 Å². The largest absolute Gasteiger partial charge is 0.488 e. The van der Waals surface area contributed by atoms with Crippen LogP contribution in [0.4, 0.5) is 0 Å². The zero-order valence-electron chi connectivity index (χ0n) is 26.2. The lowest BCUT2D eigenvalue weighted by Crippen LogP contribution is -2.49. The molecule has 1 fully saturated rings. The summed E-state index contributed by atoms with van der Waals surface area (Å²) in [6, 6.07) is 19.3. The summed E-state index contributed by atoms with van der Waals surface area (Å²) in [6.45, 7) is 13.3. The van der Waals surface area contributed by atoms with Crippen LogP contribution in [0.25, 0.3) is 11.1 Å². The molecule has 5 heteroatoms. The van der Waals surface area contributed by atoms with Gasteiger partial charge in [-0.05, 0) is 79.8 Å². The van der Waals surface area contributed by atoms with E-state index < -0.39 is 0 Å². The van der Waals surface area contributed by atoms with Crippen molar-refractivity contribution < 1.29 is 14.6 Å². The highest BCUT2D eigenvalue weighted by molar-refractivity contribution is 5.68. The van der Waals surface area contributed by atoms with Gasteiger partial charge in [-0.25, -0.2) is 0 Å². The number of aliphatic imine (C=N–C) groups is 1. The molecular weight excluding hydrogens is 520 g/mol.